The molecule has 7 N–H and O–H groups in total. The molecular weight excluding hydrogens is 373 g/mol. The third-order valence-corrected chi connectivity index (χ3v) is 4.60. The Balaban J connectivity index is 1.93. The standard InChI is InChI=1S/C12H18N5O8P/c13-12-15-9-7(10(20)16-12)14-4-17(9)11-8(19)5(1-2-18)6(25-11)3-24-26(21,22)23/h4-6,8,11,18-19H,1-3H2,(H2,21,22,23)(H3,13,15,16,20)/t5-,6-,8-,11-/m1/s1. The zero-order chi connectivity index (χ0) is 19.1. The molecule has 0 spiro atoms. The van der Waals surface area contributed by atoms with Gasteiger partial charge in [0.05, 0.1) is 19.0 Å². The van der Waals surface area contributed by atoms with Crippen LogP contribution in [0.4, 0.5) is 5.95 Å². The lowest BCUT2D eigenvalue weighted by molar-refractivity contribution is -0.0488. The lowest BCUT2D eigenvalue weighted by atomic mass is 9.95. The van der Waals surface area contributed by atoms with Gasteiger partial charge in [0.1, 0.15) is 6.10 Å². The molecule has 14 heteroatoms. The van der Waals surface area contributed by atoms with E-state index in [9.17, 15) is 19.6 Å². The molecule has 0 bridgehead atoms. The fourth-order valence-electron chi connectivity index (χ4n) is 2.99. The molecule has 1 saturated heterocycles. The molecule has 0 aliphatic carbocycles. The second-order valence-electron chi connectivity index (χ2n) is 5.79. The van der Waals surface area contributed by atoms with Crippen LogP contribution in [-0.2, 0) is 13.8 Å². The van der Waals surface area contributed by atoms with Gasteiger partial charge in [-0.1, -0.05) is 0 Å². The predicted octanol–water partition coefficient (Wildman–Crippen LogP) is -1.93. The molecule has 2 aromatic rings. The lowest BCUT2D eigenvalue weighted by Gasteiger charge is -2.19. The molecule has 0 amide bonds. The molecule has 13 nitrogen and oxygen atoms in total. The molecule has 0 saturated carbocycles. The molecule has 26 heavy (non-hydrogen) atoms. The summed E-state index contributed by atoms with van der Waals surface area (Å²) in [6.07, 6.45) is -1.80. The minimum absolute atomic E-state index is 0.0105. The Morgan fingerprint density at radius 2 is 2.19 bits per heavy atom. The number of nitrogens with two attached hydrogens (primary N) is 1. The Labute approximate surface area is 145 Å². The number of phosphoric acid groups is 1. The number of imidazole rings is 1. The Hall–Kier alpha value is -1.86. The maximum absolute atomic E-state index is 11.9. The number of ether oxygens (including phenoxy) is 1. The summed E-state index contributed by atoms with van der Waals surface area (Å²) in [5, 5.41) is 19.8. The van der Waals surface area contributed by atoms with E-state index in [1.807, 2.05) is 0 Å². The number of aromatic nitrogens is 4. The fraction of sp³-hybridized carbons (Fsp3) is 0.583. The molecule has 144 valence electrons. The Bertz CT molecular complexity index is 893. The number of phosphoric ester groups is 1. The van der Waals surface area contributed by atoms with Gasteiger partial charge in [0.2, 0.25) is 5.95 Å². The number of hydrogen-bond donors (Lipinski definition) is 6. The quantitative estimate of drug-likeness (QED) is 0.299. The summed E-state index contributed by atoms with van der Waals surface area (Å²) in [4.78, 5) is 39.8. The van der Waals surface area contributed by atoms with E-state index in [0.717, 1.165) is 0 Å². The number of aromatic amines is 1. The molecule has 1 aliphatic rings. The number of H-pyrrole nitrogens is 1. The van der Waals surface area contributed by atoms with Gasteiger partial charge in [0.25, 0.3) is 5.56 Å². The molecule has 1 aliphatic heterocycles. The molecular formula is C12H18N5O8P. The smallest absolute Gasteiger partial charge is 0.396 e. The molecule has 0 aromatic carbocycles. The molecule has 2 aromatic heterocycles. The summed E-state index contributed by atoms with van der Waals surface area (Å²) in [5.74, 6) is -0.821. The maximum atomic E-state index is 11.9. The summed E-state index contributed by atoms with van der Waals surface area (Å²) in [5.41, 5.74) is 5.04. The SMILES string of the molecule is Nc1nc2c(ncn2[C@@H]2O[C@H](COP(=O)(O)O)[C@@H](CCO)[C@H]2O)c(=O)[nH]1. The van der Waals surface area contributed by atoms with Crippen molar-refractivity contribution in [3.05, 3.63) is 16.7 Å². The largest absolute Gasteiger partial charge is 0.469 e. The number of nitrogens with one attached hydrogen (secondary N) is 1. The van der Waals surface area contributed by atoms with Crippen LogP contribution in [0, 0.1) is 5.92 Å². The highest BCUT2D eigenvalue weighted by atomic mass is 31.2. The zero-order valence-corrected chi connectivity index (χ0v) is 14.2. The van der Waals surface area contributed by atoms with Gasteiger partial charge in [0.15, 0.2) is 17.4 Å². The normalized spacial score (nSPS) is 26.6. The number of nitrogen functional groups attached to an aromatic ring is 1. The highest BCUT2D eigenvalue weighted by Crippen LogP contribution is 2.41. The Morgan fingerprint density at radius 3 is 2.85 bits per heavy atom. The van der Waals surface area contributed by atoms with Gasteiger partial charge in [-0.3, -0.25) is 18.9 Å². The van der Waals surface area contributed by atoms with Gasteiger partial charge in [-0.25, -0.2) is 9.55 Å². The van der Waals surface area contributed by atoms with E-state index in [1.165, 1.54) is 10.9 Å². The van der Waals surface area contributed by atoms with Gasteiger partial charge in [-0.15, -0.1) is 0 Å². The van der Waals surface area contributed by atoms with Crippen LogP contribution in [0.25, 0.3) is 11.2 Å². The summed E-state index contributed by atoms with van der Waals surface area (Å²) < 4.78 is 22.4. The minimum atomic E-state index is -4.73. The minimum Gasteiger partial charge on any atom is -0.396 e. The summed E-state index contributed by atoms with van der Waals surface area (Å²) in [6.45, 7) is -0.773. The summed E-state index contributed by atoms with van der Waals surface area (Å²) in [6, 6.07) is 0. The van der Waals surface area contributed by atoms with Crippen molar-refractivity contribution in [1.82, 2.24) is 19.5 Å². The number of aliphatic hydroxyl groups is 2. The van der Waals surface area contributed by atoms with Gasteiger partial charge >= 0.3 is 7.82 Å². The van der Waals surface area contributed by atoms with Crippen LogP contribution in [0.3, 0.4) is 0 Å². The second kappa shape index (κ2) is 7.04. The predicted molar refractivity (Wildman–Crippen MR) is 85.7 cm³/mol. The topological polar surface area (TPSA) is 206 Å². The van der Waals surface area contributed by atoms with E-state index in [0.29, 0.717) is 0 Å². The third kappa shape index (κ3) is 3.64. The van der Waals surface area contributed by atoms with Crippen molar-refractivity contribution in [1.29, 1.82) is 0 Å². The van der Waals surface area contributed by atoms with Crippen molar-refractivity contribution in [3.63, 3.8) is 0 Å². The third-order valence-electron chi connectivity index (χ3n) is 4.12. The van der Waals surface area contributed by atoms with Gasteiger partial charge in [-0.05, 0) is 6.42 Å². The molecule has 3 heterocycles. The number of fused-ring (bicyclic) bond motifs is 1. The highest BCUT2D eigenvalue weighted by Gasteiger charge is 2.45. The number of nitrogens with zero attached hydrogens (tertiary/aromatic N) is 3. The van der Waals surface area contributed by atoms with Crippen LogP contribution >= 0.6 is 7.82 Å². The molecule has 3 rings (SSSR count). The average Bonchev–Trinajstić information content (AvgIpc) is 3.08. The summed E-state index contributed by atoms with van der Waals surface area (Å²) in [7, 11) is -4.73. The first-order chi connectivity index (χ1) is 12.2. The fourth-order valence-corrected chi connectivity index (χ4v) is 3.33. The molecule has 1 fully saturated rings. The first-order valence-corrected chi connectivity index (χ1v) is 9.11. The number of hydrogen-bond acceptors (Lipinski definition) is 9. The van der Waals surface area contributed by atoms with Crippen LogP contribution in [0.15, 0.2) is 11.1 Å². The van der Waals surface area contributed by atoms with Gasteiger partial charge < -0.3 is 30.5 Å². The summed E-state index contributed by atoms with van der Waals surface area (Å²) >= 11 is 0. The second-order valence-corrected chi connectivity index (χ2v) is 7.03. The number of rotatable bonds is 6. The van der Waals surface area contributed by atoms with Crippen LogP contribution in [0.1, 0.15) is 12.6 Å². The number of aliphatic hydroxyl groups excluding tert-OH is 2. The van der Waals surface area contributed by atoms with E-state index >= 15 is 0 Å². The van der Waals surface area contributed by atoms with Crippen molar-refractivity contribution in [2.75, 3.05) is 18.9 Å². The highest BCUT2D eigenvalue weighted by molar-refractivity contribution is 7.46. The number of anilines is 1. The van der Waals surface area contributed by atoms with Crippen molar-refractivity contribution in [3.8, 4) is 0 Å². The van der Waals surface area contributed by atoms with Crippen LogP contribution < -0.4 is 11.3 Å². The Kier molecular flexibility index (Phi) is 5.12. The van der Waals surface area contributed by atoms with E-state index in [4.69, 9.17) is 20.3 Å². The maximum Gasteiger partial charge on any atom is 0.469 e. The van der Waals surface area contributed by atoms with Crippen LogP contribution in [-0.4, -0.2) is 64.9 Å². The van der Waals surface area contributed by atoms with Crippen LogP contribution in [0.2, 0.25) is 0 Å². The Morgan fingerprint density at radius 1 is 1.46 bits per heavy atom. The van der Waals surface area contributed by atoms with E-state index in [1.54, 1.807) is 0 Å². The van der Waals surface area contributed by atoms with Gasteiger partial charge in [-0.2, -0.15) is 4.98 Å². The van der Waals surface area contributed by atoms with E-state index in [2.05, 4.69) is 19.5 Å². The van der Waals surface area contributed by atoms with Crippen molar-refractivity contribution >= 4 is 24.9 Å². The first kappa shape index (κ1) is 18.9. The van der Waals surface area contributed by atoms with Gasteiger partial charge in [0, 0.05) is 12.5 Å². The van der Waals surface area contributed by atoms with Crippen molar-refractivity contribution < 1.29 is 33.8 Å². The van der Waals surface area contributed by atoms with Crippen molar-refractivity contribution in [2.45, 2.75) is 24.9 Å². The molecule has 0 radical (unpaired) electrons. The average molecular weight is 391 g/mol. The zero-order valence-electron chi connectivity index (χ0n) is 13.3. The van der Waals surface area contributed by atoms with Crippen molar-refractivity contribution in [2.24, 2.45) is 5.92 Å². The van der Waals surface area contributed by atoms with E-state index < -0.39 is 44.3 Å². The lowest BCUT2D eigenvalue weighted by Crippen LogP contribution is -2.29. The molecule has 0 unspecified atom stereocenters. The van der Waals surface area contributed by atoms with E-state index in [-0.39, 0.29) is 30.1 Å². The first-order valence-electron chi connectivity index (χ1n) is 7.58. The molecule has 4 atom stereocenters. The van der Waals surface area contributed by atoms with Crippen LogP contribution in [0.5, 0.6) is 0 Å². The monoisotopic (exact) mass is 391 g/mol.